The average molecular weight is 213 g/mol. The van der Waals surface area contributed by atoms with Crippen molar-refractivity contribution in [3.8, 4) is 0 Å². The van der Waals surface area contributed by atoms with Gasteiger partial charge in [-0.1, -0.05) is 11.6 Å². The van der Waals surface area contributed by atoms with Crippen LogP contribution in [-0.4, -0.2) is 16.1 Å². The summed E-state index contributed by atoms with van der Waals surface area (Å²) in [6.07, 6.45) is 5.30. The standard InChI is InChI=1S/C10H13ClN2O/c11-10-4-9(7(6-14)5-12-10)13-8-2-1-3-8/h4-5,8,14H,1-3,6H2,(H,12,13). The van der Waals surface area contributed by atoms with Crippen LogP contribution >= 0.6 is 11.6 Å². The summed E-state index contributed by atoms with van der Waals surface area (Å²) in [5.74, 6) is 0. The van der Waals surface area contributed by atoms with E-state index in [1.807, 2.05) is 0 Å². The van der Waals surface area contributed by atoms with Gasteiger partial charge in [0, 0.05) is 23.5 Å². The van der Waals surface area contributed by atoms with Crippen LogP contribution in [0.4, 0.5) is 5.69 Å². The van der Waals surface area contributed by atoms with Gasteiger partial charge in [0.1, 0.15) is 5.15 Å². The van der Waals surface area contributed by atoms with Crippen molar-refractivity contribution >= 4 is 17.3 Å². The first-order valence-electron chi connectivity index (χ1n) is 4.81. The maximum absolute atomic E-state index is 9.09. The number of aromatic nitrogens is 1. The van der Waals surface area contributed by atoms with Crippen LogP contribution in [0.1, 0.15) is 24.8 Å². The predicted molar refractivity (Wildman–Crippen MR) is 56.4 cm³/mol. The summed E-state index contributed by atoms with van der Waals surface area (Å²) in [7, 11) is 0. The fourth-order valence-electron chi connectivity index (χ4n) is 1.49. The Kier molecular flexibility index (Phi) is 2.89. The van der Waals surface area contributed by atoms with Crippen molar-refractivity contribution in [2.24, 2.45) is 0 Å². The molecule has 0 atom stereocenters. The van der Waals surface area contributed by atoms with E-state index in [1.54, 1.807) is 12.3 Å². The monoisotopic (exact) mass is 212 g/mol. The highest BCUT2D eigenvalue weighted by atomic mass is 35.5. The summed E-state index contributed by atoms with van der Waals surface area (Å²) in [4.78, 5) is 3.93. The molecule has 1 fully saturated rings. The highest BCUT2D eigenvalue weighted by Crippen LogP contribution is 2.26. The second-order valence-corrected chi connectivity index (χ2v) is 3.98. The average Bonchev–Trinajstić information content (AvgIpc) is 2.12. The van der Waals surface area contributed by atoms with Crippen LogP contribution < -0.4 is 5.32 Å². The first-order valence-corrected chi connectivity index (χ1v) is 5.19. The molecule has 1 aliphatic carbocycles. The van der Waals surface area contributed by atoms with Crippen LogP contribution in [0.2, 0.25) is 5.15 Å². The number of aliphatic hydroxyl groups is 1. The Morgan fingerprint density at radius 3 is 2.93 bits per heavy atom. The van der Waals surface area contributed by atoms with Crippen LogP contribution in [0, 0.1) is 0 Å². The molecule has 1 heterocycles. The molecule has 0 aromatic carbocycles. The molecule has 0 unspecified atom stereocenters. The van der Waals surface area contributed by atoms with E-state index in [0.29, 0.717) is 11.2 Å². The number of anilines is 1. The molecule has 1 aromatic heterocycles. The first-order chi connectivity index (χ1) is 6.79. The summed E-state index contributed by atoms with van der Waals surface area (Å²) >= 11 is 5.79. The Hall–Kier alpha value is -0.800. The summed E-state index contributed by atoms with van der Waals surface area (Å²) < 4.78 is 0. The van der Waals surface area contributed by atoms with Gasteiger partial charge >= 0.3 is 0 Å². The highest BCUT2D eigenvalue weighted by molar-refractivity contribution is 6.29. The Morgan fingerprint density at radius 1 is 1.57 bits per heavy atom. The Balaban J connectivity index is 2.15. The van der Waals surface area contributed by atoms with Gasteiger partial charge < -0.3 is 10.4 Å². The highest BCUT2D eigenvalue weighted by Gasteiger charge is 2.18. The van der Waals surface area contributed by atoms with Crippen molar-refractivity contribution in [1.29, 1.82) is 0 Å². The predicted octanol–water partition coefficient (Wildman–Crippen LogP) is 2.19. The van der Waals surface area contributed by atoms with Crippen LogP contribution in [0.15, 0.2) is 12.3 Å². The lowest BCUT2D eigenvalue weighted by Crippen LogP contribution is -2.27. The molecule has 0 spiro atoms. The molecule has 2 rings (SSSR count). The number of halogens is 1. The Bertz CT molecular complexity index is 326. The minimum Gasteiger partial charge on any atom is -0.392 e. The molecule has 1 aliphatic rings. The zero-order valence-electron chi connectivity index (χ0n) is 7.83. The van der Waals surface area contributed by atoms with E-state index in [0.717, 1.165) is 11.3 Å². The quantitative estimate of drug-likeness (QED) is 0.755. The fraction of sp³-hybridized carbons (Fsp3) is 0.500. The topological polar surface area (TPSA) is 45.2 Å². The third-order valence-corrected chi connectivity index (χ3v) is 2.79. The zero-order valence-corrected chi connectivity index (χ0v) is 8.59. The molecule has 14 heavy (non-hydrogen) atoms. The fourth-order valence-corrected chi connectivity index (χ4v) is 1.65. The normalized spacial score (nSPS) is 16.4. The van der Waals surface area contributed by atoms with E-state index in [9.17, 15) is 0 Å². The molecule has 3 nitrogen and oxygen atoms in total. The second kappa shape index (κ2) is 4.15. The Morgan fingerprint density at radius 2 is 2.36 bits per heavy atom. The van der Waals surface area contributed by atoms with E-state index < -0.39 is 0 Å². The lowest BCUT2D eigenvalue weighted by Gasteiger charge is -2.28. The van der Waals surface area contributed by atoms with Gasteiger partial charge in [-0.05, 0) is 25.3 Å². The van der Waals surface area contributed by atoms with Crippen molar-refractivity contribution in [2.45, 2.75) is 31.9 Å². The first kappa shape index (κ1) is 9.74. The third kappa shape index (κ3) is 1.99. The summed E-state index contributed by atoms with van der Waals surface area (Å²) in [6.45, 7) is -0.000772. The van der Waals surface area contributed by atoms with Crippen molar-refractivity contribution in [2.75, 3.05) is 5.32 Å². The molecule has 1 saturated carbocycles. The lowest BCUT2D eigenvalue weighted by molar-refractivity contribution is 0.281. The number of hydrogen-bond donors (Lipinski definition) is 2. The SMILES string of the molecule is OCc1cnc(Cl)cc1NC1CCC1. The van der Waals surface area contributed by atoms with E-state index >= 15 is 0 Å². The number of nitrogens with zero attached hydrogens (tertiary/aromatic N) is 1. The number of hydrogen-bond acceptors (Lipinski definition) is 3. The van der Waals surface area contributed by atoms with Gasteiger partial charge in [0.05, 0.1) is 6.61 Å². The van der Waals surface area contributed by atoms with Crippen molar-refractivity contribution in [1.82, 2.24) is 4.98 Å². The second-order valence-electron chi connectivity index (χ2n) is 3.59. The molecular weight excluding hydrogens is 200 g/mol. The summed E-state index contributed by atoms with van der Waals surface area (Å²) in [6, 6.07) is 2.31. The van der Waals surface area contributed by atoms with E-state index in [4.69, 9.17) is 16.7 Å². The van der Waals surface area contributed by atoms with Gasteiger partial charge in [0.2, 0.25) is 0 Å². The molecule has 4 heteroatoms. The largest absolute Gasteiger partial charge is 0.392 e. The van der Waals surface area contributed by atoms with Crippen LogP contribution in [0.3, 0.4) is 0 Å². The van der Waals surface area contributed by atoms with Crippen molar-refractivity contribution in [3.63, 3.8) is 0 Å². The van der Waals surface area contributed by atoms with Gasteiger partial charge in [0.15, 0.2) is 0 Å². The van der Waals surface area contributed by atoms with Crippen LogP contribution in [0.5, 0.6) is 0 Å². The number of nitrogens with one attached hydrogen (secondary N) is 1. The van der Waals surface area contributed by atoms with E-state index in [1.165, 1.54) is 19.3 Å². The Labute approximate surface area is 88.1 Å². The zero-order chi connectivity index (χ0) is 9.97. The minimum absolute atomic E-state index is 0.000772. The molecule has 2 N–H and O–H groups in total. The molecule has 0 radical (unpaired) electrons. The van der Waals surface area contributed by atoms with Crippen molar-refractivity contribution < 1.29 is 5.11 Å². The van der Waals surface area contributed by atoms with Crippen LogP contribution in [-0.2, 0) is 6.61 Å². The van der Waals surface area contributed by atoms with E-state index in [2.05, 4.69) is 10.3 Å². The third-order valence-electron chi connectivity index (χ3n) is 2.59. The molecular formula is C10H13ClN2O. The van der Waals surface area contributed by atoms with Gasteiger partial charge in [0.25, 0.3) is 0 Å². The molecule has 0 aliphatic heterocycles. The summed E-state index contributed by atoms with van der Waals surface area (Å²) in [5, 5.41) is 12.9. The maximum Gasteiger partial charge on any atom is 0.131 e. The van der Waals surface area contributed by atoms with Gasteiger partial charge in [-0.15, -0.1) is 0 Å². The number of aliphatic hydroxyl groups excluding tert-OH is 1. The van der Waals surface area contributed by atoms with Crippen molar-refractivity contribution in [3.05, 3.63) is 23.0 Å². The maximum atomic E-state index is 9.09. The van der Waals surface area contributed by atoms with Gasteiger partial charge in [-0.2, -0.15) is 0 Å². The molecule has 76 valence electrons. The lowest BCUT2D eigenvalue weighted by atomic mass is 9.93. The number of pyridine rings is 1. The summed E-state index contributed by atoms with van der Waals surface area (Å²) in [5.41, 5.74) is 1.72. The molecule has 0 saturated heterocycles. The van der Waals surface area contributed by atoms with Gasteiger partial charge in [-0.25, -0.2) is 4.98 Å². The number of rotatable bonds is 3. The molecule has 0 bridgehead atoms. The van der Waals surface area contributed by atoms with E-state index in [-0.39, 0.29) is 6.61 Å². The van der Waals surface area contributed by atoms with Crippen LogP contribution in [0.25, 0.3) is 0 Å². The van der Waals surface area contributed by atoms with Gasteiger partial charge in [-0.3, -0.25) is 0 Å². The molecule has 0 amide bonds. The molecule has 1 aromatic rings. The smallest absolute Gasteiger partial charge is 0.131 e. The minimum atomic E-state index is -0.000772.